The van der Waals surface area contributed by atoms with E-state index in [1.807, 2.05) is 50.6 Å². The third-order valence-corrected chi connectivity index (χ3v) is 14.2. The molecule has 264 valence electrons. The van der Waals surface area contributed by atoms with Crippen LogP contribution in [0.25, 0.3) is 11.3 Å². The number of ether oxygens (including phenoxy) is 2. The average molecular weight is 689 g/mol. The predicted octanol–water partition coefficient (Wildman–Crippen LogP) is 6.63. The van der Waals surface area contributed by atoms with Gasteiger partial charge < -0.3 is 19.2 Å². The molecule has 49 heavy (non-hydrogen) atoms. The van der Waals surface area contributed by atoms with E-state index >= 15 is 0 Å². The maximum atomic E-state index is 13.6. The molecule has 0 aliphatic carbocycles. The first-order valence-corrected chi connectivity index (χ1v) is 20.0. The van der Waals surface area contributed by atoms with Gasteiger partial charge in [0.1, 0.15) is 11.7 Å². The number of nitrogens with zero attached hydrogens (tertiary/aromatic N) is 7. The van der Waals surface area contributed by atoms with E-state index in [9.17, 15) is 10.1 Å². The zero-order chi connectivity index (χ0) is 35.8. The summed E-state index contributed by atoms with van der Waals surface area (Å²) in [5.74, 6) is 1.06. The van der Waals surface area contributed by atoms with Crippen molar-refractivity contribution in [1.29, 1.82) is 5.26 Å². The van der Waals surface area contributed by atoms with E-state index in [0.29, 0.717) is 41.9 Å². The molecule has 0 spiro atoms. The van der Waals surface area contributed by atoms with Crippen LogP contribution in [0.3, 0.4) is 0 Å². The number of morpholine rings is 1. The van der Waals surface area contributed by atoms with Crippen LogP contribution in [0.15, 0.2) is 30.5 Å². The molecule has 2 aliphatic heterocycles. The summed E-state index contributed by atoms with van der Waals surface area (Å²) < 4.78 is 20.0. The molecule has 2 aliphatic rings. The van der Waals surface area contributed by atoms with Gasteiger partial charge in [-0.3, -0.25) is 14.5 Å². The summed E-state index contributed by atoms with van der Waals surface area (Å²) in [4.78, 5) is 26.9. The zero-order valence-electron chi connectivity index (χ0n) is 30.8. The Balaban J connectivity index is 1.45. The van der Waals surface area contributed by atoms with Crippen molar-refractivity contribution in [3.8, 4) is 17.3 Å². The third-order valence-electron chi connectivity index (χ3n) is 9.73. The first kappa shape index (κ1) is 36.4. The quantitative estimate of drug-likeness (QED) is 0.245. The Morgan fingerprint density at radius 3 is 2.49 bits per heavy atom. The van der Waals surface area contributed by atoms with Crippen LogP contribution in [0.2, 0.25) is 18.1 Å². The van der Waals surface area contributed by atoms with Crippen LogP contribution in [-0.2, 0) is 25.9 Å². The van der Waals surface area contributed by atoms with Gasteiger partial charge in [-0.25, -0.2) is 14.8 Å². The van der Waals surface area contributed by atoms with Crippen molar-refractivity contribution in [3.05, 3.63) is 47.3 Å². The predicted molar refractivity (Wildman–Crippen MR) is 194 cm³/mol. The highest BCUT2D eigenvalue weighted by atomic mass is 28.4. The number of fused-ring (bicyclic) bond motifs is 1. The minimum atomic E-state index is -2.13. The van der Waals surface area contributed by atoms with Crippen LogP contribution < -0.4 is 10.2 Å². The molecule has 1 atom stereocenters. The summed E-state index contributed by atoms with van der Waals surface area (Å²) in [6.07, 6.45) is 1.21. The largest absolute Gasteiger partial charge is 0.443 e. The standard InChI is InChI=1S/C36H52N8O4Si/c1-25-19-30(41-44(25)14-13-42-15-17-46-18-16-42)40-32-38-12-11-29(39-32)26-20-27(22-37)31-28(21-26)36(8,24-47-49(9,10)35(5,6)7)23-43(31)33(45)48-34(2,3)4/h11-12,19-21H,13-18,23-24H2,1-10H3,(H,38,39,40,41)/t36-/m1/s1. The highest BCUT2D eigenvalue weighted by molar-refractivity contribution is 6.74. The molecule has 4 heterocycles. The van der Waals surface area contributed by atoms with E-state index in [0.717, 1.165) is 56.2 Å². The van der Waals surface area contributed by atoms with Crippen LogP contribution in [0.1, 0.15) is 65.3 Å². The molecule has 1 aromatic carbocycles. The number of hydrogen-bond donors (Lipinski definition) is 1. The lowest BCUT2D eigenvalue weighted by molar-refractivity contribution is 0.0359. The number of aryl methyl sites for hydroxylation is 1. The Kier molecular flexibility index (Phi) is 10.3. The van der Waals surface area contributed by atoms with E-state index in [2.05, 4.69) is 62.1 Å². The second kappa shape index (κ2) is 13.8. The van der Waals surface area contributed by atoms with E-state index in [1.165, 1.54) is 0 Å². The van der Waals surface area contributed by atoms with Crippen molar-refractivity contribution < 1.29 is 18.7 Å². The van der Waals surface area contributed by atoms with Crippen LogP contribution in [0.4, 0.5) is 22.2 Å². The second-order valence-electron chi connectivity index (χ2n) is 15.9. The first-order chi connectivity index (χ1) is 22.9. The molecular formula is C36H52N8O4Si. The number of aromatic nitrogens is 4. The van der Waals surface area contributed by atoms with E-state index in [1.54, 1.807) is 17.2 Å². The summed E-state index contributed by atoms with van der Waals surface area (Å²) >= 11 is 0. The molecule has 0 radical (unpaired) electrons. The fourth-order valence-corrected chi connectivity index (χ4v) is 6.95. The number of nitriles is 1. The molecular weight excluding hydrogens is 637 g/mol. The van der Waals surface area contributed by atoms with Gasteiger partial charge in [0, 0.05) is 61.7 Å². The maximum absolute atomic E-state index is 13.6. The molecule has 0 bridgehead atoms. The third kappa shape index (κ3) is 8.32. The Labute approximate surface area is 291 Å². The lowest BCUT2D eigenvalue weighted by atomic mass is 9.83. The number of anilines is 3. The molecule has 5 rings (SSSR count). The van der Waals surface area contributed by atoms with Crippen LogP contribution in [-0.4, -0.2) is 90.7 Å². The van der Waals surface area contributed by atoms with Gasteiger partial charge in [-0.05, 0) is 69.6 Å². The molecule has 1 N–H and O–H groups in total. The Morgan fingerprint density at radius 1 is 1.12 bits per heavy atom. The van der Waals surface area contributed by atoms with Crippen molar-refractivity contribution >= 4 is 31.9 Å². The Bertz CT molecular complexity index is 1710. The minimum absolute atomic E-state index is 0.0107. The van der Waals surface area contributed by atoms with Crippen LogP contribution in [0.5, 0.6) is 0 Å². The van der Waals surface area contributed by atoms with Crippen molar-refractivity contribution in [3.63, 3.8) is 0 Å². The fourth-order valence-electron chi connectivity index (χ4n) is 5.84. The van der Waals surface area contributed by atoms with E-state index in [4.69, 9.17) is 24.0 Å². The highest BCUT2D eigenvalue weighted by Gasteiger charge is 2.47. The normalized spacial score (nSPS) is 18.7. The van der Waals surface area contributed by atoms with Gasteiger partial charge in [0.25, 0.3) is 0 Å². The molecule has 0 unspecified atom stereocenters. The number of carbonyl (C=O) groups excluding carboxylic acids is 1. The number of carbonyl (C=O) groups is 1. The zero-order valence-corrected chi connectivity index (χ0v) is 31.8. The van der Waals surface area contributed by atoms with Crippen molar-refractivity contribution in [2.75, 3.05) is 56.2 Å². The summed E-state index contributed by atoms with van der Waals surface area (Å²) in [6, 6.07) is 9.98. The smallest absolute Gasteiger partial charge is 0.414 e. The van der Waals surface area contributed by atoms with E-state index in [-0.39, 0.29) is 5.04 Å². The highest BCUT2D eigenvalue weighted by Crippen LogP contribution is 2.47. The minimum Gasteiger partial charge on any atom is -0.443 e. The molecule has 2 aromatic heterocycles. The lowest BCUT2D eigenvalue weighted by Gasteiger charge is -2.39. The molecule has 1 amide bonds. The number of benzene rings is 1. The van der Waals surface area contributed by atoms with Crippen molar-refractivity contribution in [1.82, 2.24) is 24.6 Å². The summed E-state index contributed by atoms with van der Waals surface area (Å²) in [5.41, 5.74) is 2.93. The second-order valence-corrected chi connectivity index (χ2v) is 20.8. The van der Waals surface area contributed by atoms with Gasteiger partial charge in [0.05, 0.1) is 36.7 Å². The average Bonchev–Trinajstić information content (AvgIpc) is 3.54. The molecule has 1 fully saturated rings. The summed E-state index contributed by atoms with van der Waals surface area (Å²) in [6.45, 7) is 26.5. The molecule has 13 heteroatoms. The molecule has 1 saturated heterocycles. The Morgan fingerprint density at radius 2 is 1.84 bits per heavy atom. The number of rotatable bonds is 9. The Hall–Kier alpha value is -3.83. The van der Waals surface area contributed by atoms with Crippen molar-refractivity contribution in [2.45, 2.75) is 91.1 Å². The van der Waals surface area contributed by atoms with E-state index < -0.39 is 25.4 Å². The SMILES string of the molecule is Cc1cc(Nc2nccc(-c3cc(C#N)c4c(c3)[C@@](C)(CO[Si](C)(C)C(C)(C)C)CN4C(=O)OC(C)(C)C)n2)nn1CCN1CCOCC1. The topological polar surface area (TPSA) is 131 Å². The maximum Gasteiger partial charge on any atom is 0.414 e. The molecule has 12 nitrogen and oxygen atoms in total. The van der Waals surface area contributed by atoms with Crippen LogP contribution >= 0.6 is 0 Å². The number of hydrogen-bond acceptors (Lipinski definition) is 10. The van der Waals surface area contributed by atoms with Crippen LogP contribution in [0, 0.1) is 18.3 Å². The summed E-state index contributed by atoms with van der Waals surface area (Å²) in [5, 5.41) is 18.5. The van der Waals surface area contributed by atoms with Gasteiger partial charge in [0.2, 0.25) is 5.95 Å². The lowest BCUT2D eigenvalue weighted by Crippen LogP contribution is -2.46. The van der Waals surface area contributed by atoms with Gasteiger partial charge in [-0.15, -0.1) is 0 Å². The first-order valence-electron chi connectivity index (χ1n) is 17.1. The van der Waals surface area contributed by atoms with Gasteiger partial charge in [0.15, 0.2) is 14.1 Å². The van der Waals surface area contributed by atoms with Gasteiger partial charge >= 0.3 is 6.09 Å². The fraction of sp³-hybridized carbons (Fsp3) is 0.583. The number of amides is 1. The number of nitrogens with one attached hydrogen (secondary N) is 1. The van der Waals surface area contributed by atoms with Gasteiger partial charge in [-0.1, -0.05) is 27.7 Å². The summed E-state index contributed by atoms with van der Waals surface area (Å²) in [7, 11) is -2.13. The molecule has 0 saturated carbocycles. The van der Waals surface area contributed by atoms with Crippen molar-refractivity contribution in [2.24, 2.45) is 0 Å². The molecule has 3 aromatic rings. The van der Waals surface area contributed by atoms with Gasteiger partial charge in [-0.2, -0.15) is 10.4 Å². The monoisotopic (exact) mass is 688 g/mol.